The van der Waals surface area contributed by atoms with Crippen LogP contribution in [0.4, 0.5) is 0 Å². The Morgan fingerprint density at radius 1 is 1.25 bits per heavy atom. The molecule has 0 aromatic carbocycles. The SMILES string of the molecule is C=CC(O)CCC(O)C=C(C)C. The number of aliphatic hydroxyl groups excluding tert-OH is 2. The molecule has 0 saturated carbocycles. The molecule has 0 bridgehead atoms. The van der Waals surface area contributed by atoms with Crippen LogP contribution in [0.25, 0.3) is 0 Å². The van der Waals surface area contributed by atoms with E-state index in [0.717, 1.165) is 5.57 Å². The van der Waals surface area contributed by atoms with Crippen LogP contribution in [0.5, 0.6) is 0 Å². The van der Waals surface area contributed by atoms with E-state index in [1.165, 1.54) is 6.08 Å². The van der Waals surface area contributed by atoms with Crippen molar-refractivity contribution in [3.8, 4) is 0 Å². The van der Waals surface area contributed by atoms with Crippen molar-refractivity contribution in [1.82, 2.24) is 0 Å². The van der Waals surface area contributed by atoms with Gasteiger partial charge in [0.2, 0.25) is 0 Å². The molecule has 0 heterocycles. The standard InChI is InChI=1S/C10H18O2/c1-4-9(11)5-6-10(12)7-8(2)3/h4,7,9-12H,1,5-6H2,2-3H3. The van der Waals surface area contributed by atoms with E-state index in [1.807, 2.05) is 13.8 Å². The van der Waals surface area contributed by atoms with Gasteiger partial charge < -0.3 is 10.2 Å². The molecule has 0 saturated heterocycles. The van der Waals surface area contributed by atoms with Gasteiger partial charge in [0.05, 0.1) is 12.2 Å². The zero-order valence-corrected chi connectivity index (χ0v) is 7.83. The van der Waals surface area contributed by atoms with Gasteiger partial charge in [-0.2, -0.15) is 0 Å². The summed E-state index contributed by atoms with van der Waals surface area (Å²) in [4.78, 5) is 0. The van der Waals surface area contributed by atoms with Crippen LogP contribution >= 0.6 is 0 Å². The van der Waals surface area contributed by atoms with Crippen LogP contribution in [0.15, 0.2) is 24.3 Å². The number of rotatable bonds is 5. The minimum absolute atomic E-state index is 0.440. The molecular weight excluding hydrogens is 152 g/mol. The van der Waals surface area contributed by atoms with Crippen molar-refractivity contribution >= 4 is 0 Å². The molecule has 2 atom stereocenters. The summed E-state index contributed by atoms with van der Waals surface area (Å²) in [5.41, 5.74) is 1.09. The summed E-state index contributed by atoms with van der Waals surface area (Å²) >= 11 is 0. The lowest BCUT2D eigenvalue weighted by Gasteiger charge is -2.08. The summed E-state index contributed by atoms with van der Waals surface area (Å²) < 4.78 is 0. The van der Waals surface area contributed by atoms with Crippen LogP contribution < -0.4 is 0 Å². The maximum absolute atomic E-state index is 9.34. The van der Waals surface area contributed by atoms with E-state index < -0.39 is 12.2 Å². The van der Waals surface area contributed by atoms with Gasteiger partial charge in [-0.25, -0.2) is 0 Å². The van der Waals surface area contributed by atoms with Gasteiger partial charge in [0.15, 0.2) is 0 Å². The average Bonchev–Trinajstić information content (AvgIpc) is 1.99. The summed E-state index contributed by atoms with van der Waals surface area (Å²) in [6, 6.07) is 0. The van der Waals surface area contributed by atoms with E-state index in [9.17, 15) is 5.11 Å². The fourth-order valence-corrected chi connectivity index (χ4v) is 0.927. The third kappa shape index (κ3) is 6.13. The molecular formula is C10H18O2. The number of hydrogen-bond acceptors (Lipinski definition) is 2. The topological polar surface area (TPSA) is 40.5 Å². The van der Waals surface area contributed by atoms with Crippen molar-refractivity contribution in [1.29, 1.82) is 0 Å². The van der Waals surface area contributed by atoms with Gasteiger partial charge in [-0.1, -0.05) is 17.7 Å². The van der Waals surface area contributed by atoms with Crippen LogP contribution in [0, 0.1) is 0 Å². The molecule has 0 spiro atoms. The van der Waals surface area contributed by atoms with Crippen molar-refractivity contribution in [2.75, 3.05) is 0 Å². The van der Waals surface area contributed by atoms with Gasteiger partial charge in [0.25, 0.3) is 0 Å². The Morgan fingerprint density at radius 3 is 2.17 bits per heavy atom. The van der Waals surface area contributed by atoms with Gasteiger partial charge in [0.1, 0.15) is 0 Å². The van der Waals surface area contributed by atoms with Crippen LogP contribution in [0.3, 0.4) is 0 Å². The molecule has 2 unspecified atom stereocenters. The van der Waals surface area contributed by atoms with Gasteiger partial charge in [-0.15, -0.1) is 6.58 Å². The van der Waals surface area contributed by atoms with Crippen LogP contribution in [0.1, 0.15) is 26.7 Å². The smallest absolute Gasteiger partial charge is 0.0724 e. The third-order valence-electron chi connectivity index (χ3n) is 1.56. The molecule has 0 amide bonds. The molecule has 12 heavy (non-hydrogen) atoms. The van der Waals surface area contributed by atoms with Gasteiger partial charge in [-0.3, -0.25) is 0 Å². The fourth-order valence-electron chi connectivity index (χ4n) is 0.927. The Morgan fingerprint density at radius 2 is 1.75 bits per heavy atom. The highest BCUT2D eigenvalue weighted by molar-refractivity contribution is 4.98. The van der Waals surface area contributed by atoms with Gasteiger partial charge in [-0.05, 0) is 26.7 Å². The van der Waals surface area contributed by atoms with Crippen LogP contribution in [0.2, 0.25) is 0 Å². The maximum Gasteiger partial charge on any atom is 0.0724 e. The first-order chi connectivity index (χ1) is 5.56. The predicted octanol–water partition coefficient (Wildman–Crippen LogP) is 1.64. The van der Waals surface area contributed by atoms with E-state index >= 15 is 0 Å². The fraction of sp³-hybridized carbons (Fsp3) is 0.600. The summed E-state index contributed by atoms with van der Waals surface area (Å²) in [7, 11) is 0. The molecule has 2 N–H and O–H groups in total. The first kappa shape index (κ1) is 11.4. The summed E-state index contributed by atoms with van der Waals surface area (Å²) in [6.45, 7) is 7.33. The Balaban J connectivity index is 3.64. The average molecular weight is 170 g/mol. The predicted molar refractivity (Wildman–Crippen MR) is 50.9 cm³/mol. The quantitative estimate of drug-likeness (QED) is 0.616. The molecule has 0 aromatic heterocycles. The Kier molecular flexibility index (Phi) is 5.68. The maximum atomic E-state index is 9.34. The first-order valence-corrected chi connectivity index (χ1v) is 4.20. The summed E-state index contributed by atoms with van der Waals surface area (Å²) in [5.74, 6) is 0. The molecule has 0 fully saturated rings. The monoisotopic (exact) mass is 170 g/mol. The zero-order chi connectivity index (χ0) is 9.56. The van der Waals surface area contributed by atoms with Crippen molar-refractivity contribution in [2.45, 2.75) is 38.9 Å². The molecule has 0 aromatic rings. The van der Waals surface area contributed by atoms with Crippen LogP contribution in [-0.4, -0.2) is 22.4 Å². The minimum Gasteiger partial charge on any atom is -0.389 e. The highest BCUT2D eigenvalue weighted by Crippen LogP contribution is 2.05. The van der Waals surface area contributed by atoms with E-state index in [2.05, 4.69) is 6.58 Å². The van der Waals surface area contributed by atoms with Crippen molar-refractivity contribution < 1.29 is 10.2 Å². The van der Waals surface area contributed by atoms with E-state index in [1.54, 1.807) is 6.08 Å². The molecule has 0 aliphatic heterocycles. The summed E-state index contributed by atoms with van der Waals surface area (Å²) in [6.07, 6.45) is 3.48. The lowest BCUT2D eigenvalue weighted by molar-refractivity contribution is 0.162. The zero-order valence-electron chi connectivity index (χ0n) is 7.83. The second-order valence-corrected chi connectivity index (χ2v) is 3.19. The molecule has 0 aliphatic carbocycles. The summed E-state index contributed by atoms with van der Waals surface area (Å²) in [5, 5.41) is 18.4. The Hall–Kier alpha value is -0.600. The minimum atomic E-state index is -0.495. The van der Waals surface area contributed by atoms with Gasteiger partial charge >= 0.3 is 0 Å². The molecule has 0 radical (unpaired) electrons. The van der Waals surface area contributed by atoms with E-state index in [-0.39, 0.29) is 0 Å². The van der Waals surface area contributed by atoms with Crippen LogP contribution in [-0.2, 0) is 0 Å². The molecule has 0 rings (SSSR count). The van der Waals surface area contributed by atoms with Gasteiger partial charge in [0, 0.05) is 0 Å². The Labute approximate surface area is 74.2 Å². The molecule has 2 nitrogen and oxygen atoms in total. The second kappa shape index (κ2) is 5.98. The Bertz CT molecular complexity index is 157. The van der Waals surface area contributed by atoms with Crippen molar-refractivity contribution in [3.63, 3.8) is 0 Å². The number of aliphatic hydroxyl groups is 2. The molecule has 0 aliphatic rings. The van der Waals surface area contributed by atoms with E-state index in [0.29, 0.717) is 12.8 Å². The normalized spacial score (nSPS) is 15.0. The third-order valence-corrected chi connectivity index (χ3v) is 1.56. The highest BCUT2D eigenvalue weighted by atomic mass is 16.3. The number of hydrogen-bond donors (Lipinski definition) is 2. The first-order valence-electron chi connectivity index (χ1n) is 4.20. The molecule has 2 heteroatoms. The second-order valence-electron chi connectivity index (χ2n) is 3.19. The van der Waals surface area contributed by atoms with Crippen molar-refractivity contribution in [2.24, 2.45) is 0 Å². The van der Waals surface area contributed by atoms with E-state index in [4.69, 9.17) is 5.11 Å². The largest absolute Gasteiger partial charge is 0.389 e. The lowest BCUT2D eigenvalue weighted by Crippen LogP contribution is -2.09. The van der Waals surface area contributed by atoms with Crippen molar-refractivity contribution in [3.05, 3.63) is 24.3 Å². The molecule has 70 valence electrons. The lowest BCUT2D eigenvalue weighted by atomic mass is 10.1. The highest BCUT2D eigenvalue weighted by Gasteiger charge is 2.03. The number of allylic oxidation sites excluding steroid dienone is 1.